The number of nitrogens with zero attached hydrogens (tertiary/aromatic N) is 3. The Morgan fingerprint density at radius 1 is 1.41 bits per heavy atom. The second kappa shape index (κ2) is 15.4. The monoisotopic (exact) mass is 600 g/mol. The van der Waals surface area contributed by atoms with Crippen LogP contribution in [0.25, 0.3) is 0 Å². The summed E-state index contributed by atoms with van der Waals surface area (Å²) in [6.45, 7) is 2.93. The van der Waals surface area contributed by atoms with E-state index < -0.39 is 24.0 Å². The third kappa shape index (κ3) is 8.07. The van der Waals surface area contributed by atoms with Crippen molar-refractivity contribution >= 4 is 52.8 Å². The van der Waals surface area contributed by atoms with Crippen LogP contribution in [0.15, 0.2) is 46.0 Å². The number of hydrogen-bond donors (Lipinski definition) is 2. The van der Waals surface area contributed by atoms with E-state index in [1.54, 1.807) is 13.1 Å². The Balaban J connectivity index is 0.00000205. The van der Waals surface area contributed by atoms with Crippen LogP contribution < -0.4 is 5.32 Å². The third-order valence-corrected chi connectivity index (χ3v) is 8.32. The van der Waals surface area contributed by atoms with Crippen LogP contribution in [0.1, 0.15) is 30.0 Å². The zero-order valence-corrected chi connectivity index (χ0v) is 24.0. The molecule has 212 valence electrons. The summed E-state index contributed by atoms with van der Waals surface area (Å²) in [5.74, 6) is 0.192. The van der Waals surface area contributed by atoms with Gasteiger partial charge in [-0.25, -0.2) is 18.6 Å². The van der Waals surface area contributed by atoms with Gasteiger partial charge in [-0.1, -0.05) is 17.7 Å². The van der Waals surface area contributed by atoms with Gasteiger partial charge in [0.15, 0.2) is 10.8 Å². The Morgan fingerprint density at radius 2 is 2.21 bits per heavy atom. The molecule has 1 saturated heterocycles. The molecule has 4 rings (SSSR count). The van der Waals surface area contributed by atoms with Crippen LogP contribution in [0.5, 0.6) is 0 Å². The maximum Gasteiger partial charge on any atom is 0.338 e. The summed E-state index contributed by atoms with van der Waals surface area (Å²) in [5.41, 5.74) is 1.22. The fourth-order valence-electron chi connectivity index (χ4n) is 4.41. The number of aliphatic imine (C=N–C) groups is 1. The lowest BCUT2D eigenvalue weighted by atomic mass is 9.93. The lowest BCUT2D eigenvalue weighted by molar-refractivity contribution is -0.139. The third-order valence-electron chi connectivity index (χ3n) is 6.17. The van der Waals surface area contributed by atoms with Crippen molar-refractivity contribution in [1.82, 2.24) is 15.2 Å². The number of esters is 1. The number of carbonyl (C=O) groups is 2. The fraction of sp³-hybridized carbons (Fsp3) is 0.462. The van der Waals surface area contributed by atoms with Gasteiger partial charge in [0.25, 0.3) is 0 Å². The second-order valence-electron chi connectivity index (χ2n) is 8.63. The smallest absolute Gasteiger partial charge is 0.338 e. The van der Waals surface area contributed by atoms with Crippen LogP contribution in [-0.4, -0.2) is 84.1 Å². The lowest BCUT2D eigenvalue weighted by Gasteiger charge is -2.36. The number of aliphatic hydroxyl groups excluding tert-OH is 1. The zero-order chi connectivity index (χ0) is 28.4. The Hall–Kier alpha value is -2.38. The number of aromatic nitrogens is 1. The van der Waals surface area contributed by atoms with Crippen molar-refractivity contribution < 1.29 is 28.2 Å². The van der Waals surface area contributed by atoms with E-state index in [1.165, 1.54) is 41.3 Å². The number of carbonyl (C=O) groups excluding carboxylic acids is 2. The summed E-state index contributed by atoms with van der Waals surface area (Å²) in [7, 11) is 1.00. The first-order valence-electron chi connectivity index (χ1n) is 12.3. The highest BCUT2D eigenvalue weighted by Gasteiger charge is 2.36. The van der Waals surface area contributed by atoms with Crippen molar-refractivity contribution in [3.05, 3.63) is 62.5 Å². The molecule has 1 aromatic heterocycles. The molecule has 0 saturated carbocycles. The number of thioether (sulfide) groups is 1. The van der Waals surface area contributed by atoms with E-state index in [1.807, 2.05) is 10.3 Å². The SMILES string of the molecule is CCOC(=O)C1=C(CN2CCC(CSCC=O)C(F)C2)NC(c2nccs2)=N[C@H]1c1ccc(F)cc1Cl.CO. The Morgan fingerprint density at radius 3 is 2.85 bits per heavy atom. The molecule has 2 aliphatic rings. The second-order valence-corrected chi connectivity index (χ2v) is 11.0. The molecule has 2 aliphatic heterocycles. The number of rotatable bonds is 10. The minimum atomic E-state index is -1.06. The first-order valence-corrected chi connectivity index (χ1v) is 14.7. The van der Waals surface area contributed by atoms with Crippen molar-refractivity contribution in [1.29, 1.82) is 0 Å². The molecule has 13 heteroatoms. The maximum atomic E-state index is 15.0. The van der Waals surface area contributed by atoms with Gasteiger partial charge in [-0.15, -0.1) is 11.3 Å². The molecule has 0 spiro atoms. The minimum Gasteiger partial charge on any atom is -0.463 e. The first kappa shape index (κ1) is 31.2. The molecule has 0 radical (unpaired) electrons. The van der Waals surface area contributed by atoms with Crippen LogP contribution in [0.3, 0.4) is 0 Å². The molecule has 0 aliphatic carbocycles. The van der Waals surface area contributed by atoms with Crippen molar-refractivity contribution in [2.75, 3.05) is 44.9 Å². The number of amidine groups is 1. The summed E-state index contributed by atoms with van der Waals surface area (Å²) in [5, 5.41) is 12.8. The molecule has 0 amide bonds. The van der Waals surface area contributed by atoms with E-state index in [2.05, 4.69) is 10.3 Å². The van der Waals surface area contributed by atoms with Gasteiger partial charge in [-0.2, -0.15) is 11.8 Å². The summed E-state index contributed by atoms with van der Waals surface area (Å²) in [6.07, 6.45) is 2.05. The van der Waals surface area contributed by atoms with Crippen LogP contribution in [0.4, 0.5) is 8.78 Å². The number of aldehydes is 1. The van der Waals surface area contributed by atoms with Gasteiger partial charge in [-0.3, -0.25) is 9.89 Å². The van der Waals surface area contributed by atoms with E-state index in [0.717, 1.165) is 13.4 Å². The molecule has 2 unspecified atom stereocenters. The summed E-state index contributed by atoms with van der Waals surface area (Å²) >= 11 is 9.22. The van der Waals surface area contributed by atoms with Crippen LogP contribution in [0, 0.1) is 11.7 Å². The highest BCUT2D eigenvalue weighted by Crippen LogP contribution is 2.37. The van der Waals surface area contributed by atoms with Gasteiger partial charge in [0.1, 0.15) is 24.3 Å². The molecule has 1 fully saturated rings. The Labute approximate surface area is 239 Å². The standard InChI is InChI=1S/C25H27ClF2N4O3S2.CH4O/c1-2-35-25(34)21-20(13-32-7-5-15(19(28)12-32)14-36-10-8-33)30-23(24-29-6-9-37-24)31-22(21)17-4-3-16(27)11-18(17)26;1-2/h3-4,6,8-9,11,15,19,22H,2,5,7,10,12-14H2,1H3,(H,30,31);2H,1H3/t15?,19?,22-;/m0./s1. The number of aliphatic hydroxyl groups is 1. The van der Waals surface area contributed by atoms with Crippen LogP contribution in [-0.2, 0) is 14.3 Å². The molecule has 3 heterocycles. The number of halogens is 3. The average Bonchev–Trinajstić information content (AvgIpc) is 3.46. The largest absolute Gasteiger partial charge is 0.463 e. The molecule has 2 N–H and O–H groups in total. The van der Waals surface area contributed by atoms with Crippen molar-refractivity contribution in [3.63, 3.8) is 0 Å². The van der Waals surface area contributed by atoms with Crippen molar-refractivity contribution in [2.24, 2.45) is 10.9 Å². The number of likely N-dealkylation sites (tertiary alicyclic amines) is 1. The molecular weight excluding hydrogens is 570 g/mol. The number of ether oxygens (including phenoxy) is 1. The molecule has 1 aromatic carbocycles. The van der Waals surface area contributed by atoms with Crippen LogP contribution >= 0.6 is 34.7 Å². The predicted molar refractivity (Wildman–Crippen MR) is 151 cm³/mol. The van der Waals surface area contributed by atoms with Crippen molar-refractivity contribution in [3.8, 4) is 0 Å². The van der Waals surface area contributed by atoms with Gasteiger partial charge in [0.2, 0.25) is 0 Å². The summed E-state index contributed by atoms with van der Waals surface area (Å²) in [6, 6.07) is 3.10. The molecule has 3 atom stereocenters. The number of piperidine rings is 1. The molecular formula is C26H31ClF2N4O4S2. The van der Waals surface area contributed by atoms with Crippen molar-refractivity contribution in [2.45, 2.75) is 25.6 Å². The molecule has 2 aromatic rings. The van der Waals surface area contributed by atoms with E-state index in [4.69, 9.17) is 26.4 Å². The first-order chi connectivity index (χ1) is 18.9. The Bertz CT molecular complexity index is 1180. The van der Waals surface area contributed by atoms with E-state index in [-0.39, 0.29) is 36.2 Å². The number of thiazole rings is 1. The number of benzene rings is 1. The van der Waals surface area contributed by atoms with E-state index >= 15 is 4.39 Å². The number of nitrogens with one attached hydrogen (secondary N) is 1. The quantitative estimate of drug-likeness (QED) is 0.239. The highest BCUT2D eigenvalue weighted by molar-refractivity contribution is 7.99. The van der Waals surface area contributed by atoms with Crippen LogP contribution in [0.2, 0.25) is 5.02 Å². The number of alkyl halides is 1. The van der Waals surface area contributed by atoms with Gasteiger partial charge in [0, 0.05) is 59.7 Å². The lowest BCUT2D eigenvalue weighted by Crippen LogP contribution is -2.46. The topological polar surface area (TPSA) is 104 Å². The van der Waals surface area contributed by atoms with E-state index in [0.29, 0.717) is 46.6 Å². The minimum absolute atomic E-state index is 0.128. The Kier molecular flexibility index (Phi) is 12.3. The molecule has 39 heavy (non-hydrogen) atoms. The fourth-order valence-corrected chi connectivity index (χ4v) is 6.17. The molecule has 8 nitrogen and oxygen atoms in total. The summed E-state index contributed by atoms with van der Waals surface area (Å²) < 4.78 is 34.2. The van der Waals surface area contributed by atoms with E-state index in [9.17, 15) is 14.0 Å². The summed E-state index contributed by atoms with van der Waals surface area (Å²) in [4.78, 5) is 34.9. The normalized spacial score (nSPS) is 21.4. The average molecular weight is 601 g/mol. The highest BCUT2D eigenvalue weighted by atomic mass is 35.5. The molecule has 0 bridgehead atoms. The van der Waals surface area contributed by atoms with Gasteiger partial charge >= 0.3 is 5.97 Å². The van der Waals surface area contributed by atoms with Gasteiger partial charge < -0.3 is 20.0 Å². The zero-order valence-electron chi connectivity index (χ0n) is 21.6. The van der Waals surface area contributed by atoms with Gasteiger partial charge in [-0.05, 0) is 37.8 Å². The predicted octanol–water partition coefficient (Wildman–Crippen LogP) is 4.04. The maximum absolute atomic E-state index is 15.0. The number of hydrogen-bond acceptors (Lipinski definition) is 10. The van der Waals surface area contributed by atoms with Gasteiger partial charge in [0.05, 0.1) is 12.2 Å².